The van der Waals surface area contributed by atoms with Gasteiger partial charge in [0, 0.05) is 31.0 Å². The van der Waals surface area contributed by atoms with Gasteiger partial charge >= 0.3 is 0 Å². The summed E-state index contributed by atoms with van der Waals surface area (Å²) in [5, 5.41) is 3.56. The maximum Gasteiger partial charge on any atom is 0.220 e. The number of likely N-dealkylation sites (N-methyl/N-ethyl adjacent to an activating group) is 1. The standard InChI is InChI=1S/C24H31ClN2O2/c1-5-23(28)21-12-11-18(15-22(21)25)14-20(27(3)4)16-26-24(29)13-17(2)19-9-7-6-8-10-19/h6-12,15,17,20H,5,13-14,16H2,1-4H3,(H,26,29)/t17-,20+/m1/s1. The molecule has 5 heteroatoms. The number of carbonyl (C=O) groups excluding carboxylic acids is 2. The van der Waals surface area contributed by atoms with Gasteiger partial charge in [-0.25, -0.2) is 0 Å². The van der Waals surface area contributed by atoms with Crippen LogP contribution in [0.2, 0.25) is 5.02 Å². The summed E-state index contributed by atoms with van der Waals surface area (Å²) in [5.41, 5.74) is 2.79. The highest BCUT2D eigenvalue weighted by atomic mass is 35.5. The van der Waals surface area contributed by atoms with E-state index in [9.17, 15) is 9.59 Å². The fourth-order valence-electron chi connectivity index (χ4n) is 3.29. The van der Waals surface area contributed by atoms with E-state index in [1.165, 1.54) is 5.56 Å². The monoisotopic (exact) mass is 414 g/mol. The van der Waals surface area contributed by atoms with E-state index >= 15 is 0 Å². The molecule has 0 aliphatic heterocycles. The highest BCUT2D eigenvalue weighted by Gasteiger charge is 2.17. The number of carbonyl (C=O) groups is 2. The number of hydrogen-bond donors (Lipinski definition) is 1. The first-order valence-corrected chi connectivity index (χ1v) is 10.5. The van der Waals surface area contributed by atoms with Crippen LogP contribution in [0.5, 0.6) is 0 Å². The van der Waals surface area contributed by atoms with Gasteiger partial charge in [0.15, 0.2) is 5.78 Å². The number of amides is 1. The van der Waals surface area contributed by atoms with Gasteiger partial charge in [0.05, 0.1) is 5.02 Å². The van der Waals surface area contributed by atoms with E-state index in [4.69, 9.17) is 11.6 Å². The van der Waals surface area contributed by atoms with E-state index in [0.29, 0.717) is 30.0 Å². The summed E-state index contributed by atoms with van der Waals surface area (Å²) in [7, 11) is 4.00. The lowest BCUT2D eigenvalue weighted by atomic mass is 9.97. The Bertz CT molecular complexity index is 821. The van der Waals surface area contributed by atoms with Crippen molar-refractivity contribution in [3.8, 4) is 0 Å². The van der Waals surface area contributed by atoms with Crippen molar-refractivity contribution in [1.29, 1.82) is 0 Å². The van der Waals surface area contributed by atoms with Gasteiger partial charge in [-0.15, -0.1) is 0 Å². The Morgan fingerprint density at radius 3 is 2.38 bits per heavy atom. The third-order valence-corrected chi connectivity index (χ3v) is 5.56. The molecule has 29 heavy (non-hydrogen) atoms. The van der Waals surface area contributed by atoms with Crippen molar-refractivity contribution >= 4 is 23.3 Å². The van der Waals surface area contributed by atoms with Crippen LogP contribution in [0.15, 0.2) is 48.5 Å². The highest BCUT2D eigenvalue weighted by Crippen LogP contribution is 2.21. The molecule has 2 aromatic carbocycles. The van der Waals surface area contributed by atoms with E-state index in [2.05, 4.69) is 29.3 Å². The van der Waals surface area contributed by atoms with Crippen LogP contribution >= 0.6 is 11.6 Å². The van der Waals surface area contributed by atoms with Gasteiger partial charge in [0.2, 0.25) is 5.91 Å². The number of Topliss-reactive ketones (excluding diaryl/α,β-unsaturated/α-hetero) is 1. The van der Waals surface area contributed by atoms with Gasteiger partial charge in [-0.3, -0.25) is 9.59 Å². The predicted octanol–water partition coefficient (Wildman–Crippen LogP) is 4.72. The van der Waals surface area contributed by atoms with Crippen LogP contribution < -0.4 is 5.32 Å². The molecule has 2 rings (SSSR count). The molecule has 0 saturated carbocycles. The lowest BCUT2D eigenvalue weighted by Gasteiger charge is -2.25. The molecular formula is C24H31ClN2O2. The van der Waals surface area contributed by atoms with Gasteiger partial charge in [0.1, 0.15) is 0 Å². The second kappa shape index (κ2) is 11.1. The first kappa shape index (κ1) is 23.1. The normalized spacial score (nSPS) is 13.2. The SMILES string of the molecule is CCC(=O)c1ccc(C[C@@H](CNC(=O)C[C@@H](C)c2ccccc2)N(C)C)cc1Cl. The molecular weight excluding hydrogens is 384 g/mol. The first-order valence-electron chi connectivity index (χ1n) is 10.1. The molecule has 0 spiro atoms. The van der Waals surface area contributed by atoms with E-state index in [-0.39, 0.29) is 23.7 Å². The average molecular weight is 415 g/mol. The second-order valence-electron chi connectivity index (χ2n) is 7.73. The average Bonchev–Trinajstić information content (AvgIpc) is 2.71. The molecule has 0 aliphatic rings. The van der Waals surface area contributed by atoms with E-state index in [1.807, 2.05) is 51.4 Å². The first-order chi connectivity index (χ1) is 13.8. The lowest BCUT2D eigenvalue weighted by Crippen LogP contribution is -2.41. The third kappa shape index (κ3) is 6.98. The summed E-state index contributed by atoms with van der Waals surface area (Å²) in [4.78, 5) is 26.4. The van der Waals surface area contributed by atoms with Crippen LogP contribution in [0.4, 0.5) is 0 Å². The number of halogens is 1. The van der Waals surface area contributed by atoms with Crippen molar-refractivity contribution < 1.29 is 9.59 Å². The lowest BCUT2D eigenvalue weighted by molar-refractivity contribution is -0.121. The fourth-order valence-corrected chi connectivity index (χ4v) is 3.60. The quantitative estimate of drug-likeness (QED) is 0.572. The molecule has 0 saturated heterocycles. The molecule has 2 aromatic rings. The number of hydrogen-bond acceptors (Lipinski definition) is 3. The molecule has 0 unspecified atom stereocenters. The van der Waals surface area contributed by atoms with Crippen LogP contribution in [0.1, 0.15) is 54.1 Å². The Hall–Kier alpha value is -2.17. The minimum absolute atomic E-state index is 0.0468. The minimum Gasteiger partial charge on any atom is -0.355 e. The smallest absolute Gasteiger partial charge is 0.220 e. The zero-order valence-electron chi connectivity index (χ0n) is 17.7. The van der Waals surface area contributed by atoms with Crippen molar-refractivity contribution in [3.05, 3.63) is 70.2 Å². The van der Waals surface area contributed by atoms with Crippen LogP contribution in [-0.4, -0.2) is 43.3 Å². The molecule has 0 aliphatic carbocycles. The van der Waals surface area contributed by atoms with E-state index in [0.717, 1.165) is 12.0 Å². The van der Waals surface area contributed by atoms with E-state index < -0.39 is 0 Å². The Balaban J connectivity index is 1.94. The Kier molecular flexibility index (Phi) is 8.87. The predicted molar refractivity (Wildman–Crippen MR) is 120 cm³/mol. The molecule has 0 aromatic heterocycles. The third-order valence-electron chi connectivity index (χ3n) is 5.25. The summed E-state index contributed by atoms with van der Waals surface area (Å²) in [5.74, 6) is 0.275. The zero-order chi connectivity index (χ0) is 21.4. The molecule has 0 heterocycles. The fraction of sp³-hybridized carbons (Fsp3) is 0.417. The van der Waals surface area contributed by atoms with Gasteiger partial charge in [-0.2, -0.15) is 0 Å². The number of benzene rings is 2. The van der Waals surface area contributed by atoms with Crippen LogP contribution in [0.25, 0.3) is 0 Å². The van der Waals surface area contributed by atoms with Gasteiger partial charge in [0.25, 0.3) is 0 Å². The maximum atomic E-state index is 12.4. The minimum atomic E-state index is 0.0468. The summed E-state index contributed by atoms with van der Waals surface area (Å²) in [6, 6.07) is 15.8. The van der Waals surface area contributed by atoms with Crippen molar-refractivity contribution in [1.82, 2.24) is 10.2 Å². The molecule has 0 radical (unpaired) electrons. The number of nitrogens with one attached hydrogen (secondary N) is 1. The Morgan fingerprint density at radius 2 is 1.79 bits per heavy atom. The van der Waals surface area contributed by atoms with Gasteiger partial charge < -0.3 is 10.2 Å². The zero-order valence-corrected chi connectivity index (χ0v) is 18.5. The number of rotatable bonds is 10. The van der Waals surface area contributed by atoms with Crippen molar-refractivity contribution in [3.63, 3.8) is 0 Å². The highest BCUT2D eigenvalue weighted by molar-refractivity contribution is 6.34. The molecule has 0 bridgehead atoms. The van der Waals surface area contributed by atoms with Gasteiger partial charge in [-0.05, 0) is 49.7 Å². The van der Waals surface area contributed by atoms with E-state index in [1.54, 1.807) is 6.07 Å². The summed E-state index contributed by atoms with van der Waals surface area (Å²) < 4.78 is 0. The van der Waals surface area contributed by atoms with Crippen molar-refractivity contribution in [2.24, 2.45) is 0 Å². The van der Waals surface area contributed by atoms with Crippen molar-refractivity contribution in [2.45, 2.75) is 45.1 Å². The molecule has 1 N–H and O–H groups in total. The van der Waals surface area contributed by atoms with Crippen molar-refractivity contribution in [2.75, 3.05) is 20.6 Å². The van der Waals surface area contributed by atoms with Crippen LogP contribution in [-0.2, 0) is 11.2 Å². The summed E-state index contributed by atoms with van der Waals surface area (Å²) in [6.07, 6.45) is 1.64. The number of ketones is 1. The summed E-state index contributed by atoms with van der Waals surface area (Å²) >= 11 is 6.30. The Labute approximate surface area is 179 Å². The largest absolute Gasteiger partial charge is 0.355 e. The Morgan fingerprint density at radius 1 is 1.10 bits per heavy atom. The second-order valence-corrected chi connectivity index (χ2v) is 8.14. The number of nitrogens with zero attached hydrogens (tertiary/aromatic N) is 1. The van der Waals surface area contributed by atoms with Crippen LogP contribution in [0.3, 0.4) is 0 Å². The topological polar surface area (TPSA) is 49.4 Å². The molecule has 156 valence electrons. The molecule has 1 amide bonds. The summed E-state index contributed by atoms with van der Waals surface area (Å²) in [6.45, 7) is 4.45. The molecule has 0 fully saturated rings. The van der Waals surface area contributed by atoms with Gasteiger partial charge in [-0.1, -0.05) is 61.8 Å². The molecule has 2 atom stereocenters. The molecule has 4 nitrogen and oxygen atoms in total. The maximum absolute atomic E-state index is 12.4. The van der Waals surface area contributed by atoms with Crippen LogP contribution in [0, 0.1) is 0 Å².